The van der Waals surface area contributed by atoms with Crippen molar-refractivity contribution in [2.75, 3.05) is 51.5 Å². The normalized spacial score (nSPS) is 24.5. The highest BCUT2D eigenvalue weighted by Crippen LogP contribution is 2.35. The molecule has 0 radical (unpaired) electrons. The molecule has 10 atom stereocenters. The number of primary amides is 2. The summed E-state index contributed by atoms with van der Waals surface area (Å²) in [5, 5.41) is 37.3. The van der Waals surface area contributed by atoms with Crippen LogP contribution in [0.3, 0.4) is 0 Å². The summed E-state index contributed by atoms with van der Waals surface area (Å²) in [7, 11) is -8.45. The Morgan fingerprint density at radius 2 is 1.10 bits per heavy atom. The third-order valence-electron chi connectivity index (χ3n) is 14.0. The number of aliphatic hydroxyl groups is 2. The molecule has 26 nitrogen and oxygen atoms in total. The van der Waals surface area contributed by atoms with E-state index in [2.05, 4.69) is 32.3 Å². The fraction of sp³-hybridized carbons (Fsp3) is 0.680. The van der Waals surface area contributed by atoms with Gasteiger partial charge in [0.25, 0.3) is 26.0 Å². The van der Waals surface area contributed by atoms with Crippen molar-refractivity contribution in [2.45, 2.75) is 162 Å². The number of hydrogen-bond acceptors (Lipinski definition) is 20. The number of rotatable bonds is 24. The third kappa shape index (κ3) is 18.5. The fourth-order valence-electron chi connectivity index (χ4n) is 9.72. The molecule has 2 aliphatic carbocycles. The van der Waals surface area contributed by atoms with E-state index in [9.17, 15) is 51.3 Å². The van der Waals surface area contributed by atoms with Gasteiger partial charge in [-0.25, -0.2) is 26.4 Å². The highest BCUT2D eigenvalue weighted by Gasteiger charge is 2.46. The van der Waals surface area contributed by atoms with Gasteiger partial charge < -0.3 is 70.6 Å². The molecule has 8 rings (SSSR count). The summed E-state index contributed by atoms with van der Waals surface area (Å²) in [6, 6.07) is 9.25. The zero-order chi connectivity index (χ0) is 57.3. The summed E-state index contributed by atoms with van der Waals surface area (Å²) in [4.78, 5) is 57.2. The number of sulfonamides is 2. The van der Waals surface area contributed by atoms with E-state index < -0.39 is 94.3 Å². The maximum absolute atomic E-state index is 13.6. The summed E-state index contributed by atoms with van der Waals surface area (Å²) >= 11 is 2.84. The molecule has 2 saturated carbocycles. The average Bonchev–Trinajstić information content (AvgIpc) is 4.35. The lowest BCUT2D eigenvalue weighted by atomic mass is 10.0. The van der Waals surface area contributed by atoms with E-state index in [4.69, 9.17) is 48.6 Å². The van der Waals surface area contributed by atoms with Crippen molar-refractivity contribution in [1.82, 2.24) is 19.6 Å². The summed E-state index contributed by atoms with van der Waals surface area (Å²) < 4.78 is 93.6. The monoisotopic (exact) mass is 1220 g/mol. The standard InChI is InChI=1S/C25H37N3O10S.C23H34N2O9S.C2H4BrNO/c1-2-20(27-25(31)37-22-14-36-24-19(22)10-11-34-24)21(29)13-28(38-16-6-3-4-7-16)39(32,33)18-9-5-8-17(12-18)35-15-23(26)30;1-2-19(24-23(28)33-21-14-32-22-18(21)10-11-31-22)20(27)13-25(34-16-7-3-4-8-16)35(29,30)17-9-5-6-15(26)12-17;3-1-2(4)5/h5,8-9,12,16,19-22,24,29H,2-4,6-7,10-11,13-15H2,1H3,(H2,26,30)(H,27,31);5-6,9,12,16,18-22,26-27H,2-4,7-8,10-11,13-14H2,1H3,(H,24,28);1H2,(H2,4,5)/t19-,20-,21+,22?,24+;18-,19-,20+,21?,22+;/m00./s1. The molecule has 2 unspecified atom stereocenters. The van der Waals surface area contributed by atoms with Crippen molar-refractivity contribution in [2.24, 2.45) is 23.3 Å². The first kappa shape index (κ1) is 63.7. The van der Waals surface area contributed by atoms with Gasteiger partial charge in [0.2, 0.25) is 5.91 Å². The van der Waals surface area contributed by atoms with Crippen LogP contribution < -0.4 is 26.8 Å². The number of alkyl halides is 1. The second-order valence-electron chi connectivity index (χ2n) is 19.7. The Balaban J connectivity index is 0.000000236. The number of nitrogens with two attached hydrogens (primary N) is 2. The molecular weight excluding hydrogens is 1150 g/mol. The Hall–Kier alpha value is -4.50. The van der Waals surface area contributed by atoms with Gasteiger partial charge in [-0.15, -0.1) is 0 Å². The Morgan fingerprint density at radius 1 is 0.671 bits per heavy atom. The second kappa shape index (κ2) is 30.5. The molecule has 6 aliphatic rings. The minimum Gasteiger partial charge on any atom is -0.508 e. The number of benzene rings is 2. The first-order chi connectivity index (χ1) is 37.7. The lowest BCUT2D eigenvalue weighted by Gasteiger charge is -2.30. The van der Waals surface area contributed by atoms with Crippen molar-refractivity contribution in [3.63, 3.8) is 0 Å². The summed E-state index contributed by atoms with van der Waals surface area (Å²) in [5.41, 5.74) is 9.72. The molecule has 2 aromatic rings. The first-order valence-electron chi connectivity index (χ1n) is 26.5. The van der Waals surface area contributed by atoms with Gasteiger partial charge in [0.1, 0.15) is 23.7 Å². The number of hydrogen-bond donors (Lipinski definition) is 7. The molecule has 4 heterocycles. The number of carbonyl (C=O) groups is 4. The number of amides is 4. The van der Waals surface area contributed by atoms with Crippen LogP contribution in [0.4, 0.5) is 9.59 Å². The van der Waals surface area contributed by atoms with Gasteiger partial charge in [0.15, 0.2) is 19.2 Å². The minimum atomic E-state index is -4.26. The molecule has 0 spiro atoms. The Bertz CT molecular complexity index is 2530. The zero-order valence-corrected chi connectivity index (χ0v) is 47.4. The first-order valence-corrected chi connectivity index (χ1v) is 30.5. The van der Waals surface area contributed by atoms with Gasteiger partial charge in [-0.05, 0) is 81.7 Å². The number of aromatic hydroxyl groups is 1. The quantitative estimate of drug-likeness (QED) is 0.0587. The van der Waals surface area contributed by atoms with Crippen LogP contribution >= 0.6 is 15.9 Å². The second-order valence-corrected chi connectivity index (χ2v) is 23.9. The predicted octanol–water partition coefficient (Wildman–Crippen LogP) is 2.79. The number of hydroxylamine groups is 2. The maximum Gasteiger partial charge on any atom is 0.407 e. The van der Waals surface area contributed by atoms with Crippen molar-refractivity contribution >= 4 is 60.0 Å². The van der Waals surface area contributed by atoms with Crippen molar-refractivity contribution < 1.29 is 94.2 Å². The zero-order valence-electron chi connectivity index (χ0n) is 44.2. The molecule has 79 heavy (non-hydrogen) atoms. The van der Waals surface area contributed by atoms with Crippen LogP contribution in [0.1, 0.15) is 90.9 Å². The summed E-state index contributed by atoms with van der Waals surface area (Å²) in [5.74, 6) is -1.15. The van der Waals surface area contributed by atoms with Crippen LogP contribution in [0.25, 0.3) is 0 Å². The summed E-state index contributed by atoms with van der Waals surface area (Å²) in [6.45, 7) is 3.83. The number of fused-ring (bicyclic) bond motifs is 2. The van der Waals surface area contributed by atoms with Crippen molar-refractivity contribution in [3.8, 4) is 11.5 Å². The van der Waals surface area contributed by atoms with E-state index >= 15 is 0 Å². The number of carbonyl (C=O) groups excluding carboxylic acids is 4. The van der Waals surface area contributed by atoms with Crippen LogP contribution in [0, 0.1) is 11.8 Å². The number of alkyl carbamates (subject to hydrolysis) is 2. The van der Waals surface area contributed by atoms with E-state index in [1.54, 1.807) is 13.8 Å². The number of aliphatic hydroxyl groups excluding tert-OH is 2. The third-order valence-corrected chi connectivity index (χ3v) is 17.8. The van der Waals surface area contributed by atoms with Crippen molar-refractivity contribution in [1.29, 1.82) is 0 Å². The molecule has 2 aromatic carbocycles. The number of nitrogens with zero attached hydrogens (tertiary/aromatic N) is 2. The molecule has 6 fully saturated rings. The van der Waals surface area contributed by atoms with Crippen LogP contribution in [0.2, 0.25) is 0 Å². The molecule has 4 amide bonds. The van der Waals surface area contributed by atoms with Gasteiger partial charge in [-0.1, -0.05) is 76.5 Å². The van der Waals surface area contributed by atoms with E-state index in [1.807, 2.05) is 0 Å². The van der Waals surface area contributed by atoms with E-state index in [0.29, 0.717) is 51.7 Å². The Morgan fingerprint density at radius 3 is 1.51 bits per heavy atom. The molecule has 29 heteroatoms. The SMILES string of the molecule is CC[C@H](NC(=O)OC1CO[C@H]2OCC[C@@H]12)[C@H](O)CN(OC1CCCC1)S(=O)(=O)c1cccc(O)c1.CC[C@H](NC(=O)OC1CO[C@H]2OCC[C@@H]12)[C@H](O)CN(OC1CCCC1)S(=O)(=O)c1cccc(OCC(N)=O)c1.NC(=O)CBr. The average molecular weight is 1220 g/mol. The van der Waals surface area contributed by atoms with Gasteiger partial charge in [0.05, 0.1) is 103 Å². The van der Waals surface area contributed by atoms with Gasteiger partial charge in [-0.3, -0.25) is 19.3 Å². The molecule has 4 saturated heterocycles. The topological polar surface area (TPSA) is 363 Å². The molecule has 0 aromatic heterocycles. The molecule has 0 bridgehead atoms. The van der Waals surface area contributed by atoms with E-state index in [-0.39, 0.29) is 82.4 Å². The van der Waals surface area contributed by atoms with Crippen LogP contribution in [-0.2, 0) is 67.7 Å². The highest BCUT2D eigenvalue weighted by atomic mass is 79.9. The molecular formula is C50H75BrN6O20S2. The molecule has 4 aliphatic heterocycles. The lowest BCUT2D eigenvalue weighted by Crippen LogP contribution is -2.50. The highest BCUT2D eigenvalue weighted by molar-refractivity contribution is 9.09. The van der Waals surface area contributed by atoms with E-state index in [1.165, 1.54) is 42.5 Å². The number of ether oxygens (including phenoxy) is 7. The lowest BCUT2D eigenvalue weighted by molar-refractivity contribution is -0.145. The number of phenolic OH excluding ortho intramolecular Hbond substituents is 1. The van der Waals surface area contributed by atoms with Crippen LogP contribution in [-0.4, -0.2) is 178 Å². The molecule has 9 N–H and O–H groups in total. The number of halogens is 1. The van der Waals surface area contributed by atoms with Crippen LogP contribution in [0.15, 0.2) is 58.3 Å². The Kier molecular flexibility index (Phi) is 24.6. The fourth-order valence-corrected chi connectivity index (χ4v) is 12.4. The van der Waals surface area contributed by atoms with Crippen molar-refractivity contribution in [3.05, 3.63) is 48.5 Å². The Labute approximate surface area is 468 Å². The predicted molar refractivity (Wildman–Crippen MR) is 281 cm³/mol. The smallest absolute Gasteiger partial charge is 0.407 e. The maximum atomic E-state index is 13.6. The minimum absolute atomic E-state index is 0.0199. The largest absolute Gasteiger partial charge is 0.508 e. The number of nitrogens with one attached hydrogen (secondary N) is 2. The molecule has 444 valence electrons. The van der Waals surface area contributed by atoms with Crippen LogP contribution in [0.5, 0.6) is 11.5 Å². The summed E-state index contributed by atoms with van der Waals surface area (Å²) in [6.07, 6.45) is 2.26. The van der Waals surface area contributed by atoms with Gasteiger partial charge in [0, 0.05) is 6.07 Å². The van der Waals surface area contributed by atoms with Gasteiger partial charge >= 0.3 is 12.2 Å². The van der Waals surface area contributed by atoms with Gasteiger partial charge in [-0.2, -0.15) is 0 Å². The van der Waals surface area contributed by atoms with E-state index in [0.717, 1.165) is 53.5 Å². The number of phenols is 1.